The van der Waals surface area contributed by atoms with E-state index in [0.29, 0.717) is 17.1 Å². The summed E-state index contributed by atoms with van der Waals surface area (Å²) in [6.07, 6.45) is 7.40. The minimum Gasteiger partial charge on any atom is -0.465 e. The molecular weight excluding hydrogens is 272 g/mol. The number of hydrogen-bond acceptors (Lipinski definition) is 6. The van der Waals surface area contributed by atoms with E-state index in [2.05, 4.69) is 22.5 Å². The van der Waals surface area contributed by atoms with E-state index in [1.165, 1.54) is 6.07 Å². The molecule has 0 amide bonds. The normalized spacial score (nSPS) is 27.9. The average Bonchev–Trinajstić information content (AvgIpc) is 2.54. The molecule has 0 saturated heterocycles. The van der Waals surface area contributed by atoms with Crippen molar-refractivity contribution in [3.8, 4) is 0 Å². The predicted molar refractivity (Wildman–Crippen MR) is 77.2 cm³/mol. The van der Waals surface area contributed by atoms with Crippen molar-refractivity contribution < 1.29 is 4.42 Å². The van der Waals surface area contributed by atoms with Crippen molar-refractivity contribution in [1.82, 2.24) is 0 Å². The van der Waals surface area contributed by atoms with Gasteiger partial charge in [-0.3, -0.25) is 4.79 Å². The lowest BCUT2D eigenvalue weighted by molar-refractivity contribution is 0.353. The summed E-state index contributed by atoms with van der Waals surface area (Å²) in [5.74, 6) is 1.23. The zero-order valence-electron chi connectivity index (χ0n) is 11.5. The maximum absolute atomic E-state index is 12.3. The second-order valence-corrected chi connectivity index (χ2v) is 5.65. The lowest BCUT2D eigenvalue weighted by atomic mass is 9.87. The molecule has 0 spiro atoms. The Kier molecular flexibility index (Phi) is 3.77. The van der Waals surface area contributed by atoms with Crippen LogP contribution in [0, 0.1) is 9.81 Å². The highest BCUT2D eigenvalue weighted by Crippen LogP contribution is 2.35. The van der Waals surface area contributed by atoms with Crippen molar-refractivity contribution in [2.24, 2.45) is 10.4 Å². The predicted octanol–water partition coefficient (Wildman–Crippen LogP) is 3.35. The van der Waals surface area contributed by atoms with E-state index in [1.807, 2.05) is 0 Å². The minimum absolute atomic E-state index is 0.181. The lowest BCUT2D eigenvalue weighted by Gasteiger charge is -2.24. The summed E-state index contributed by atoms with van der Waals surface area (Å²) in [5.41, 5.74) is 0.0924. The molecule has 6 heteroatoms. The third kappa shape index (κ3) is 2.57. The summed E-state index contributed by atoms with van der Waals surface area (Å²) in [4.78, 5) is 34.0. The molecule has 21 heavy (non-hydrogen) atoms. The van der Waals surface area contributed by atoms with Gasteiger partial charge in [0.1, 0.15) is 23.6 Å². The molecule has 6 nitrogen and oxygen atoms in total. The summed E-state index contributed by atoms with van der Waals surface area (Å²) < 4.78 is 5.85. The fourth-order valence-corrected chi connectivity index (χ4v) is 3.17. The highest BCUT2D eigenvalue weighted by molar-refractivity contribution is 5.29. The third-order valence-electron chi connectivity index (χ3n) is 4.28. The van der Waals surface area contributed by atoms with Crippen LogP contribution in [-0.4, -0.2) is 6.04 Å². The molecule has 2 aliphatic carbocycles. The van der Waals surface area contributed by atoms with Gasteiger partial charge in [0, 0.05) is 24.8 Å². The number of hydrogen-bond donors (Lipinski definition) is 0. The number of allylic oxidation sites excluding steroid dienone is 2. The Morgan fingerprint density at radius 3 is 2.71 bits per heavy atom. The molecule has 0 bridgehead atoms. The van der Waals surface area contributed by atoms with Crippen LogP contribution in [0.5, 0.6) is 0 Å². The number of nitroso groups, excluding NO2 is 2. The van der Waals surface area contributed by atoms with Gasteiger partial charge in [0.05, 0.1) is 5.56 Å². The standard InChI is InChI=1S/C15H16N2O4/c18-12-8-13(9-4-2-1-3-5-9)21-14-7-10(16-19)6-11(17-20)15(12)14/h1-2,8-11H,3-7H2. The summed E-state index contributed by atoms with van der Waals surface area (Å²) >= 11 is 0. The fraction of sp³-hybridized carbons (Fsp3) is 0.533. The lowest BCUT2D eigenvalue weighted by Crippen LogP contribution is -2.27. The largest absolute Gasteiger partial charge is 0.465 e. The first-order valence-electron chi connectivity index (χ1n) is 7.19. The van der Waals surface area contributed by atoms with Crippen LogP contribution in [0.4, 0.5) is 0 Å². The molecule has 0 radical (unpaired) electrons. The fourth-order valence-electron chi connectivity index (χ4n) is 3.17. The van der Waals surface area contributed by atoms with Crippen molar-refractivity contribution in [3.05, 3.63) is 55.3 Å². The SMILES string of the molecule is O=NC1Cc2oc(C3CC=CCC3)cc(=O)c2C(N=O)C1. The molecule has 3 atom stereocenters. The highest BCUT2D eigenvalue weighted by atomic mass is 16.3. The zero-order chi connectivity index (χ0) is 14.8. The van der Waals surface area contributed by atoms with Crippen molar-refractivity contribution in [2.75, 3.05) is 0 Å². The molecule has 1 heterocycles. The van der Waals surface area contributed by atoms with E-state index in [9.17, 15) is 14.6 Å². The quantitative estimate of drug-likeness (QED) is 0.630. The van der Waals surface area contributed by atoms with Gasteiger partial charge in [-0.15, -0.1) is 0 Å². The molecular formula is C15H16N2O4. The Bertz CT molecular complexity index is 650. The second-order valence-electron chi connectivity index (χ2n) is 5.65. The van der Waals surface area contributed by atoms with Crippen LogP contribution in [0.3, 0.4) is 0 Å². The number of rotatable bonds is 3. The Hall–Kier alpha value is -2.11. The molecule has 0 fully saturated rings. The molecule has 0 aliphatic heterocycles. The average molecular weight is 288 g/mol. The van der Waals surface area contributed by atoms with Crippen molar-refractivity contribution in [1.29, 1.82) is 0 Å². The molecule has 110 valence electrons. The first-order chi connectivity index (χ1) is 10.2. The molecule has 2 aliphatic rings. The van der Waals surface area contributed by atoms with Crippen LogP contribution in [0.2, 0.25) is 0 Å². The Labute approximate surface area is 121 Å². The van der Waals surface area contributed by atoms with E-state index < -0.39 is 12.1 Å². The second kappa shape index (κ2) is 5.71. The molecule has 0 aromatic carbocycles. The van der Waals surface area contributed by atoms with Gasteiger partial charge in [0.2, 0.25) is 0 Å². The maximum Gasteiger partial charge on any atom is 0.190 e. The van der Waals surface area contributed by atoms with Gasteiger partial charge in [0.25, 0.3) is 0 Å². The van der Waals surface area contributed by atoms with E-state index in [0.717, 1.165) is 19.3 Å². The van der Waals surface area contributed by atoms with Gasteiger partial charge >= 0.3 is 0 Å². The monoisotopic (exact) mass is 288 g/mol. The first-order valence-corrected chi connectivity index (χ1v) is 7.19. The van der Waals surface area contributed by atoms with Crippen LogP contribution in [0.25, 0.3) is 0 Å². The van der Waals surface area contributed by atoms with E-state index in [4.69, 9.17) is 4.42 Å². The van der Waals surface area contributed by atoms with Gasteiger partial charge in [-0.25, -0.2) is 0 Å². The van der Waals surface area contributed by atoms with Crippen LogP contribution < -0.4 is 5.43 Å². The van der Waals surface area contributed by atoms with Gasteiger partial charge in [-0.1, -0.05) is 22.5 Å². The van der Waals surface area contributed by atoms with Crippen LogP contribution in [0.15, 0.2) is 37.8 Å². The van der Waals surface area contributed by atoms with Crippen molar-refractivity contribution in [2.45, 2.75) is 50.1 Å². The first kappa shape index (κ1) is 13.9. The van der Waals surface area contributed by atoms with Crippen molar-refractivity contribution in [3.63, 3.8) is 0 Å². The third-order valence-corrected chi connectivity index (χ3v) is 4.28. The van der Waals surface area contributed by atoms with E-state index in [1.54, 1.807) is 0 Å². The summed E-state index contributed by atoms with van der Waals surface area (Å²) in [6, 6.07) is 0.105. The van der Waals surface area contributed by atoms with Gasteiger partial charge < -0.3 is 4.42 Å². The van der Waals surface area contributed by atoms with Crippen LogP contribution >= 0.6 is 0 Å². The molecule has 3 unspecified atom stereocenters. The number of nitrogens with zero attached hydrogens (tertiary/aromatic N) is 2. The highest BCUT2D eigenvalue weighted by Gasteiger charge is 2.33. The molecule has 0 N–H and O–H groups in total. The minimum atomic E-state index is -0.826. The van der Waals surface area contributed by atoms with Crippen LogP contribution in [-0.2, 0) is 6.42 Å². The molecule has 3 rings (SSSR count). The smallest absolute Gasteiger partial charge is 0.190 e. The molecule has 0 saturated carbocycles. The number of fused-ring (bicyclic) bond motifs is 1. The van der Waals surface area contributed by atoms with Gasteiger partial charge in [0.15, 0.2) is 5.43 Å². The molecule has 1 aromatic rings. The summed E-state index contributed by atoms with van der Waals surface area (Å²) in [5, 5.41) is 5.96. The van der Waals surface area contributed by atoms with E-state index >= 15 is 0 Å². The summed E-state index contributed by atoms with van der Waals surface area (Å²) in [6.45, 7) is 0. The topological polar surface area (TPSA) is 89.1 Å². The Morgan fingerprint density at radius 1 is 1.19 bits per heavy atom. The Balaban J connectivity index is 2.03. The maximum atomic E-state index is 12.3. The Morgan fingerprint density at radius 2 is 2.05 bits per heavy atom. The van der Waals surface area contributed by atoms with Crippen molar-refractivity contribution >= 4 is 0 Å². The van der Waals surface area contributed by atoms with E-state index in [-0.39, 0.29) is 24.2 Å². The van der Waals surface area contributed by atoms with Gasteiger partial charge in [-0.2, -0.15) is 9.81 Å². The molecule has 1 aromatic heterocycles. The summed E-state index contributed by atoms with van der Waals surface area (Å²) in [7, 11) is 0. The van der Waals surface area contributed by atoms with Gasteiger partial charge in [-0.05, 0) is 19.3 Å². The zero-order valence-corrected chi connectivity index (χ0v) is 11.5. The van der Waals surface area contributed by atoms with Crippen LogP contribution in [0.1, 0.15) is 54.7 Å².